The van der Waals surface area contributed by atoms with Gasteiger partial charge < -0.3 is 19.5 Å². The van der Waals surface area contributed by atoms with Crippen LogP contribution >= 0.6 is 0 Å². The maximum atomic E-state index is 13.1. The van der Waals surface area contributed by atoms with E-state index in [0.717, 1.165) is 60.7 Å². The molecule has 2 aromatic heterocycles. The van der Waals surface area contributed by atoms with Gasteiger partial charge in [-0.2, -0.15) is 0 Å². The van der Waals surface area contributed by atoms with Crippen molar-refractivity contribution in [1.29, 1.82) is 0 Å². The summed E-state index contributed by atoms with van der Waals surface area (Å²) in [5.41, 5.74) is 4.17. The summed E-state index contributed by atoms with van der Waals surface area (Å²) in [6.45, 7) is 8.37. The Labute approximate surface area is 210 Å². The molecule has 5 rings (SSSR count). The molecule has 2 aliphatic heterocycles. The third-order valence-corrected chi connectivity index (χ3v) is 6.49. The lowest BCUT2D eigenvalue weighted by Crippen LogP contribution is -2.32. The zero-order chi connectivity index (χ0) is 25.1. The van der Waals surface area contributed by atoms with Crippen LogP contribution in [0.3, 0.4) is 0 Å². The van der Waals surface area contributed by atoms with Crippen LogP contribution in [0.4, 0.5) is 5.95 Å². The second-order valence-electron chi connectivity index (χ2n) is 8.92. The zero-order valence-electron chi connectivity index (χ0n) is 20.6. The quantitative estimate of drug-likeness (QED) is 0.514. The Bertz CT molecular complexity index is 1360. The van der Waals surface area contributed by atoms with Crippen LogP contribution in [0.5, 0.6) is 5.75 Å². The van der Waals surface area contributed by atoms with Gasteiger partial charge in [-0.1, -0.05) is 18.7 Å². The van der Waals surface area contributed by atoms with Gasteiger partial charge in [0, 0.05) is 44.1 Å². The number of carbonyl (C=O) groups is 1. The predicted octanol–water partition coefficient (Wildman–Crippen LogP) is 3.49. The molecular formula is C27H29N7O2. The second-order valence-corrected chi connectivity index (χ2v) is 8.92. The number of aromatic nitrogens is 5. The first-order chi connectivity index (χ1) is 17.5. The summed E-state index contributed by atoms with van der Waals surface area (Å²) < 4.78 is 7.70. The van der Waals surface area contributed by atoms with Crippen LogP contribution in [-0.2, 0) is 25.9 Å². The van der Waals surface area contributed by atoms with Gasteiger partial charge in [-0.05, 0) is 60.7 Å². The maximum Gasteiger partial charge on any atom is 0.259 e. The number of anilines is 1. The lowest BCUT2D eigenvalue weighted by Gasteiger charge is -2.29. The number of fused-ring (bicyclic) bond motifs is 2. The van der Waals surface area contributed by atoms with Crippen molar-refractivity contribution in [2.75, 3.05) is 18.6 Å². The molecule has 0 saturated carbocycles. The molecule has 0 spiro atoms. The van der Waals surface area contributed by atoms with E-state index in [4.69, 9.17) is 4.74 Å². The van der Waals surface area contributed by atoms with E-state index in [1.165, 1.54) is 0 Å². The van der Waals surface area contributed by atoms with Crippen LogP contribution in [0.25, 0.3) is 5.57 Å². The summed E-state index contributed by atoms with van der Waals surface area (Å²) in [4.78, 5) is 23.9. The summed E-state index contributed by atoms with van der Waals surface area (Å²) in [5, 5.41) is 11.4. The molecule has 1 amide bonds. The van der Waals surface area contributed by atoms with E-state index in [2.05, 4.69) is 41.5 Å². The lowest BCUT2D eigenvalue weighted by atomic mass is 9.96. The van der Waals surface area contributed by atoms with Crippen LogP contribution < -0.4 is 15.0 Å². The summed E-state index contributed by atoms with van der Waals surface area (Å²) in [6, 6.07) is 5.65. The van der Waals surface area contributed by atoms with E-state index in [0.29, 0.717) is 29.5 Å². The van der Waals surface area contributed by atoms with E-state index in [-0.39, 0.29) is 5.91 Å². The summed E-state index contributed by atoms with van der Waals surface area (Å²) >= 11 is 0. The van der Waals surface area contributed by atoms with E-state index in [1.807, 2.05) is 31.2 Å². The third-order valence-electron chi connectivity index (χ3n) is 6.49. The van der Waals surface area contributed by atoms with E-state index < -0.39 is 0 Å². The standard InChI is InChI=1S/C27H29N7O2/c1-18(25-32-31-24-9-5-13-34(24)25)7-4-8-19(2)30-26(35)22-15-21-17-33(27-28-11-6-12-29-27)14-10-20(21)16-23(22)36-3/h4,6-8,11-12,15-16H,2,5,9-10,13-14,17H2,1,3H3,(H,30,35)/b8-4-,18-7+. The summed E-state index contributed by atoms with van der Waals surface area (Å²) in [5.74, 6) is 2.88. The van der Waals surface area contributed by atoms with Gasteiger partial charge in [-0.3, -0.25) is 4.79 Å². The molecule has 3 aromatic rings. The Morgan fingerprint density at radius 2 is 1.97 bits per heavy atom. The fourth-order valence-electron chi connectivity index (χ4n) is 4.64. The highest BCUT2D eigenvalue weighted by atomic mass is 16.5. The average molecular weight is 484 g/mol. The van der Waals surface area contributed by atoms with Crippen molar-refractivity contribution in [3.63, 3.8) is 0 Å². The topological polar surface area (TPSA) is 98.1 Å². The zero-order valence-corrected chi connectivity index (χ0v) is 20.6. The number of ether oxygens (including phenoxy) is 1. The van der Waals surface area contributed by atoms with Crippen molar-refractivity contribution in [1.82, 2.24) is 30.0 Å². The minimum Gasteiger partial charge on any atom is -0.496 e. The van der Waals surface area contributed by atoms with Crippen molar-refractivity contribution in [2.24, 2.45) is 0 Å². The number of rotatable bonds is 7. The molecule has 36 heavy (non-hydrogen) atoms. The Hall–Kier alpha value is -4.27. The second kappa shape index (κ2) is 10.2. The Morgan fingerprint density at radius 1 is 1.14 bits per heavy atom. The molecule has 0 fully saturated rings. The van der Waals surface area contributed by atoms with Gasteiger partial charge in [0.05, 0.1) is 12.7 Å². The van der Waals surface area contributed by atoms with Crippen LogP contribution in [0.15, 0.2) is 61.1 Å². The number of benzene rings is 1. The van der Waals surface area contributed by atoms with E-state index >= 15 is 0 Å². The molecule has 9 heteroatoms. The van der Waals surface area contributed by atoms with Crippen molar-refractivity contribution in [2.45, 2.75) is 39.3 Å². The van der Waals surface area contributed by atoms with Crippen LogP contribution in [0, 0.1) is 0 Å². The number of carbonyl (C=O) groups excluding carboxylic acids is 1. The number of hydrogen-bond donors (Lipinski definition) is 1. The maximum absolute atomic E-state index is 13.1. The minimum absolute atomic E-state index is 0.270. The average Bonchev–Trinajstić information content (AvgIpc) is 3.52. The van der Waals surface area contributed by atoms with Gasteiger partial charge in [0.15, 0.2) is 5.82 Å². The number of nitrogens with one attached hydrogen (secondary N) is 1. The molecule has 184 valence electrons. The molecule has 0 unspecified atom stereocenters. The number of amides is 1. The minimum atomic E-state index is -0.270. The van der Waals surface area contributed by atoms with Crippen molar-refractivity contribution >= 4 is 17.4 Å². The molecular weight excluding hydrogens is 454 g/mol. The van der Waals surface area contributed by atoms with Crippen LogP contribution in [0.2, 0.25) is 0 Å². The molecule has 0 radical (unpaired) electrons. The van der Waals surface area contributed by atoms with Crippen molar-refractivity contribution in [3.8, 4) is 5.75 Å². The smallest absolute Gasteiger partial charge is 0.259 e. The van der Waals surface area contributed by atoms with Gasteiger partial charge in [-0.25, -0.2) is 9.97 Å². The largest absolute Gasteiger partial charge is 0.496 e. The SMILES string of the molecule is C=C(/C=C\C=C(/C)c1nnc2n1CCC2)NC(=O)c1cc2c(cc1OC)CCN(c1ncccn1)C2. The number of nitrogens with zero attached hydrogens (tertiary/aromatic N) is 6. The van der Waals surface area contributed by atoms with Crippen molar-refractivity contribution < 1.29 is 9.53 Å². The lowest BCUT2D eigenvalue weighted by molar-refractivity contribution is 0.0964. The molecule has 0 saturated heterocycles. The molecule has 1 aromatic carbocycles. The summed E-state index contributed by atoms with van der Waals surface area (Å²) in [6.07, 6.45) is 11.9. The summed E-state index contributed by atoms with van der Waals surface area (Å²) in [7, 11) is 1.58. The Balaban J connectivity index is 1.27. The number of hydrogen-bond acceptors (Lipinski definition) is 7. The molecule has 0 aliphatic carbocycles. The highest BCUT2D eigenvalue weighted by molar-refractivity contribution is 5.98. The molecule has 0 bridgehead atoms. The number of methoxy groups -OCH3 is 1. The van der Waals surface area contributed by atoms with Crippen molar-refractivity contribution in [3.05, 3.63) is 89.4 Å². The molecule has 2 aliphatic rings. The monoisotopic (exact) mass is 483 g/mol. The Morgan fingerprint density at radius 3 is 2.78 bits per heavy atom. The highest BCUT2D eigenvalue weighted by Crippen LogP contribution is 2.29. The number of allylic oxidation sites excluding steroid dienone is 4. The molecule has 0 atom stereocenters. The van der Waals surface area contributed by atoms with Crippen LogP contribution in [0.1, 0.15) is 46.5 Å². The first-order valence-corrected chi connectivity index (χ1v) is 12.0. The first kappa shape index (κ1) is 23.5. The molecule has 1 N–H and O–H groups in total. The fourth-order valence-corrected chi connectivity index (χ4v) is 4.64. The number of aryl methyl sites for hydroxylation is 1. The normalized spacial score (nSPS) is 15.1. The third kappa shape index (κ3) is 4.77. The van der Waals surface area contributed by atoms with Gasteiger partial charge in [0.25, 0.3) is 5.91 Å². The van der Waals surface area contributed by atoms with Gasteiger partial charge >= 0.3 is 0 Å². The van der Waals surface area contributed by atoms with Gasteiger partial charge in [0.2, 0.25) is 5.95 Å². The predicted molar refractivity (Wildman–Crippen MR) is 138 cm³/mol. The fraction of sp³-hybridized carbons (Fsp3) is 0.296. The van der Waals surface area contributed by atoms with Gasteiger partial charge in [0.1, 0.15) is 11.6 Å². The molecule has 4 heterocycles. The molecule has 9 nitrogen and oxygen atoms in total. The first-order valence-electron chi connectivity index (χ1n) is 12.0. The van der Waals surface area contributed by atoms with E-state index in [9.17, 15) is 4.79 Å². The highest BCUT2D eigenvalue weighted by Gasteiger charge is 2.23. The van der Waals surface area contributed by atoms with Crippen LogP contribution in [-0.4, -0.2) is 44.3 Å². The Kier molecular flexibility index (Phi) is 6.62. The van der Waals surface area contributed by atoms with E-state index in [1.54, 1.807) is 31.6 Å². The van der Waals surface area contributed by atoms with Gasteiger partial charge in [-0.15, -0.1) is 10.2 Å².